The van der Waals surface area contributed by atoms with Gasteiger partial charge in [0.15, 0.2) is 11.5 Å². The molecule has 0 saturated carbocycles. The molecule has 1 N–H and O–H groups in total. The molecule has 3 rings (SSSR count). The molecule has 2 aromatic rings. The molecule has 0 saturated heterocycles. The molecular weight excluding hydrogens is 350 g/mol. The highest BCUT2D eigenvalue weighted by Crippen LogP contribution is 2.32. The van der Waals surface area contributed by atoms with Gasteiger partial charge in [-0.25, -0.2) is 13.1 Å². The van der Waals surface area contributed by atoms with Gasteiger partial charge in [0, 0.05) is 17.4 Å². The van der Waals surface area contributed by atoms with Crippen LogP contribution in [0, 0.1) is 0 Å². The van der Waals surface area contributed by atoms with Gasteiger partial charge in [0.05, 0.1) is 4.90 Å². The topological polar surface area (TPSA) is 81.7 Å². The highest BCUT2D eigenvalue weighted by Gasteiger charge is 2.21. The molecular formula is C16H17NO5S2. The van der Waals surface area contributed by atoms with Crippen LogP contribution in [0.5, 0.6) is 11.5 Å². The predicted molar refractivity (Wildman–Crippen MR) is 90.0 cm³/mol. The van der Waals surface area contributed by atoms with Gasteiger partial charge >= 0.3 is 0 Å². The SMILES string of the molecule is O=C(CCCc1cccs1)NS(=O)(=O)c1ccc2c(c1)OCCO2. The fraction of sp³-hybridized carbons (Fsp3) is 0.312. The zero-order chi connectivity index (χ0) is 17.0. The molecule has 0 radical (unpaired) electrons. The van der Waals surface area contributed by atoms with E-state index >= 15 is 0 Å². The molecule has 0 bridgehead atoms. The van der Waals surface area contributed by atoms with Crippen molar-refractivity contribution >= 4 is 27.3 Å². The molecule has 0 unspecified atom stereocenters. The third kappa shape index (κ3) is 4.07. The number of aryl methyl sites for hydroxylation is 1. The first-order valence-electron chi connectivity index (χ1n) is 7.52. The molecule has 24 heavy (non-hydrogen) atoms. The van der Waals surface area contributed by atoms with E-state index in [1.165, 1.54) is 23.1 Å². The Kier molecular flexibility index (Phi) is 5.06. The summed E-state index contributed by atoms with van der Waals surface area (Å²) in [5, 5.41) is 1.97. The van der Waals surface area contributed by atoms with Crippen LogP contribution in [0.15, 0.2) is 40.6 Å². The summed E-state index contributed by atoms with van der Waals surface area (Å²) >= 11 is 1.62. The first-order valence-corrected chi connectivity index (χ1v) is 9.88. The van der Waals surface area contributed by atoms with E-state index in [1.807, 2.05) is 17.5 Å². The van der Waals surface area contributed by atoms with Crippen molar-refractivity contribution in [3.05, 3.63) is 40.6 Å². The molecule has 1 aliphatic rings. The number of thiophene rings is 1. The summed E-state index contributed by atoms with van der Waals surface area (Å²) in [7, 11) is -3.91. The van der Waals surface area contributed by atoms with Gasteiger partial charge in [-0.2, -0.15) is 0 Å². The molecule has 0 aliphatic carbocycles. The van der Waals surface area contributed by atoms with Gasteiger partial charge in [-0.05, 0) is 36.4 Å². The summed E-state index contributed by atoms with van der Waals surface area (Å²) in [6.07, 6.45) is 1.51. The summed E-state index contributed by atoms with van der Waals surface area (Å²) in [6.45, 7) is 0.797. The van der Waals surface area contributed by atoms with Crippen molar-refractivity contribution in [1.82, 2.24) is 4.72 Å². The number of fused-ring (bicyclic) bond motifs is 1. The van der Waals surface area contributed by atoms with Crippen LogP contribution in [0.1, 0.15) is 17.7 Å². The van der Waals surface area contributed by atoms with E-state index in [4.69, 9.17) is 9.47 Å². The van der Waals surface area contributed by atoms with Crippen LogP contribution in [0.25, 0.3) is 0 Å². The first kappa shape index (κ1) is 16.8. The van der Waals surface area contributed by atoms with Crippen molar-refractivity contribution in [3.63, 3.8) is 0 Å². The van der Waals surface area contributed by atoms with Crippen molar-refractivity contribution in [2.24, 2.45) is 0 Å². The lowest BCUT2D eigenvalue weighted by Gasteiger charge is -2.18. The maximum atomic E-state index is 12.3. The van der Waals surface area contributed by atoms with Crippen LogP contribution in [0.3, 0.4) is 0 Å². The lowest BCUT2D eigenvalue weighted by molar-refractivity contribution is -0.119. The third-order valence-electron chi connectivity index (χ3n) is 3.48. The Morgan fingerprint density at radius 2 is 1.96 bits per heavy atom. The quantitative estimate of drug-likeness (QED) is 0.847. The Bertz CT molecular complexity index is 815. The van der Waals surface area contributed by atoms with Gasteiger partial charge in [-0.15, -0.1) is 11.3 Å². The van der Waals surface area contributed by atoms with E-state index < -0.39 is 15.9 Å². The Morgan fingerprint density at radius 3 is 2.71 bits per heavy atom. The number of amides is 1. The molecule has 1 aliphatic heterocycles. The number of carbonyl (C=O) groups excluding carboxylic acids is 1. The molecule has 1 aromatic heterocycles. The Hall–Kier alpha value is -2.06. The van der Waals surface area contributed by atoms with Gasteiger partial charge < -0.3 is 9.47 Å². The normalized spacial score (nSPS) is 13.5. The lowest BCUT2D eigenvalue weighted by atomic mass is 10.2. The number of sulfonamides is 1. The standard InChI is InChI=1S/C16H17NO5S2/c18-16(5-1-3-12-4-2-10-23-12)17-24(19,20)13-6-7-14-15(11-13)22-9-8-21-14/h2,4,6-7,10-11H,1,3,5,8-9H2,(H,17,18). The smallest absolute Gasteiger partial charge is 0.264 e. The van der Waals surface area contributed by atoms with Crippen molar-refractivity contribution in [3.8, 4) is 11.5 Å². The molecule has 0 atom stereocenters. The van der Waals surface area contributed by atoms with Gasteiger partial charge in [-0.1, -0.05) is 6.07 Å². The fourth-order valence-corrected chi connectivity index (χ4v) is 4.11. The Balaban J connectivity index is 1.59. The lowest BCUT2D eigenvalue weighted by Crippen LogP contribution is -2.30. The summed E-state index contributed by atoms with van der Waals surface area (Å²) in [5.74, 6) is 0.359. The monoisotopic (exact) mass is 367 g/mol. The first-order chi connectivity index (χ1) is 11.5. The van der Waals surface area contributed by atoms with Crippen molar-refractivity contribution in [1.29, 1.82) is 0 Å². The maximum Gasteiger partial charge on any atom is 0.264 e. The van der Waals surface area contributed by atoms with E-state index in [1.54, 1.807) is 11.3 Å². The van der Waals surface area contributed by atoms with Crippen molar-refractivity contribution < 1.29 is 22.7 Å². The molecule has 1 amide bonds. The minimum absolute atomic E-state index is 0.0154. The van der Waals surface area contributed by atoms with Gasteiger partial charge in [0.2, 0.25) is 5.91 Å². The summed E-state index contributed by atoms with van der Waals surface area (Å²) < 4.78 is 37.4. The second-order valence-electron chi connectivity index (χ2n) is 5.27. The summed E-state index contributed by atoms with van der Waals surface area (Å²) in [6, 6.07) is 8.25. The van der Waals surface area contributed by atoms with Crippen LogP contribution in [-0.4, -0.2) is 27.5 Å². The highest BCUT2D eigenvalue weighted by molar-refractivity contribution is 7.90. The van der Waals surface area contributed by atoms with E-state index in [9.17, 15) is 13.2 Å². The molecule has 128 valence electrons. The van der Waals surface area contributed by atoms with Crippen molar-refractivity contribution in [2.75, 3.05) is 13.2 Å². The number of benzene rings is 1. The van der Waals surface area contributed by atoms with Crippen LogP contribution < -0.4 is 14.2 Å². The van der Waals surface area contributed by atoms with Crippen LogP contribution in [0.4, 0.5) is 0 Å². The number of hydrogen-bond donors (Lipinski definition) is 1. The summed E-state index contributed by atoms with van der Waals surface area (Å²) in [4.78, 5) is 13.1. The predicted octanol–water partition coefficient (Wildman–Crippen LogP) is 2.35. The molecule has 1 aromatic carbocycles. The number of ether oxygens (including phenoxy) is 2. The number of hydrogen-bond acceptors (Lipinski definition) is 6. The largest absolute Gasteiger partial charge is 0.486 e. The second kappa shape index (κ2) is 7.23. The fourth-order valence-electron chi connectivity index (χ4n) is 2.33. The van der Waals surface area contributed by atoms with Crippen LogP contribution in [0.2, 0.25) is 0 Å². The van der Waals surface area contributed by atoms with E-state index in [0.29, 0.717) is 31.1 Å². The molecule has 8 heteroatoms. The average molecular weight is 367 g/mol. The third-order valence-corrected chi connectivity index (χ3v) is 5.79. The highest BCUT2D eigenvalue weighted by atomic mass is 32.2. The number of rotatable bonds is 6. The van der Waals surface area contributed by atoms with Crippen LogP contribution >= 0.6 is 11.3 Å². The average Bonchev–Trinajstić information content (AvgIpc) is 3.07. The minimum atomic E-state index is -3.91. The van der Waals surface area contributed by atoms with Crippen LogP contribution in [-0.2, 0) is 21.2 Å². The number of carbonyl (C=O) groups is 1. The second-order valence-corrected chi connectivity index (χ2v) is 7.98. The summed E-state index contributed by atoms with van der Waals surface area (Å²) in [5.41, 5.74) is 0. The number of nitrogens with one attached hydrogen (secondary N) is 1. The zero-order valence-electron chi connectivity index (χ0n) is 12.9. The Morgan fingerprint density at radius 1 is 1.17 bits per heavy atom. The Labute approximate surface area is 144 Å². The van der Waals surface area contributed by atoms with E-state index in [0.717, 1.165) is 6.42 Å². The van der Waals surface area contributed by atoms with Crippen molar-refractivity contribution in [2.45, 2.75) is 24.2 Å². The maximum absolute atomic E-state index is 12.3. The molecule has 0 spiro atoms. The van der Waals surface area contributed by atoms with E-state index in [-0.39, 0.29) is 11.3 Å². The van der Waals surface area contributed by atoms with Gasteiger partial charge in [0.25, 0.3) is 10.0 Å². The van der Waals surface area contributed by atoms with Gasteiger partial charge in [0.1, 0.15) is 13.2 Å². The molecule has 6 nitrogen and oxygen atoms in total. The van der Waals surface area contributed by atoms with Gasteiger partial charge in [-0.3, -0.25) is 4.79 Å². The zero-order valence-corrected chi connectivity index (χ0v) is 14.5. The van der Waals surface area contributed by atoms with E-state index in [2.05, 4.69) is 4.72 Å². The molecule has 0 fully saturated rings. The molecule has 2 heterocycles. The minimum Gasteiger partial charge on any atom is -0.486 e.